The summed E-state index contributed by atoms with van der Waals surface area (Å²) in [6.07, 6.45) is 4.06. The molecule has 0 amide bonds. The third-order valence-corrected chi connectivity index (χ3v) is 4.00. The quantitative estimate of drug-likeness (QED) is 0.476. The summed E-state index contributed by atoms with van der Waals surface area (Å²) in [5, 5.41) is 1.07. The number of hydrogen-bond donors (Lipinski definition) is 1. The first-order chi connectivity index (χ1) is 11.2. The van der Waals surface area contributed by atoms with Crippen molar-refractivity contribution in [2.24, 2.45) is 4.99 Å². The number of aromatic nitrogens is 1. The van der Waals surface area contributed by atoms with Crippen molar-refractivity contribution in [1.82, 2.24) is 4.98 Å². The fraction of sp³-hybridized carbons (Fsp3) is 0.250. The van der Waals surface area contributed by atoms with E-state index in [2.05, 4.69) is 16.9 Å². The summed E-state index contributed by atoms with van der Waals surface area (Å²) in [6, 6.07) is 13.2. The maximum absolute atomic E-state index is 14.3. The molecule has 0 fully saturated rings. The Morgan fingerprint density at radius 3 is 2.83 bits per heavy atom. The molecule has 0 aliphatic rings. The van der Waals surface area contributed by atoms with Crippen LogP contribution in [-0.2, 0) is 0 Å². The molecule has 118 valence electrons. The third-order valence-electron chi connectivity index (χ3n) is 4.00. The van der Waals surface area contributed by atoms with Gasteiger partial charge < -0.3 is 4.98 Å². The van der Waals surface area contributed by atoms with Crippen LogP contribution in [0.4, 0.5) is 4.39 Å². The van der Waals surface area contributed by atoms with Crippen molar-refractivity contribution in [3.05, 3.63) is 59.4 Å². The lowest BCUT2D eigenvalue weighted by Crippen LogP contribution is -1.91. The van der Waals surface area contributed by atoms with Crippen LogP contribution in [0.15, 0.2) is 47.5 Å². The highest BCUT2D eigenvalue weighted by molar-refractivity contribution is 6.05. The molecule has 1 N–H and O–H groups in total. The van der Waals surface area contributed by atoms with Crippen molar-refractivity contribution in [3.63, 3.8) is 0 Å². The number of nitrogens with one attached hydrogen (secondary N) is 1. The molecule has 1 heterocycles. The van der Waals surface area contributed by atoms with Gasteiger partial charge >= 0.3 is 0 Å². The third kappa shape index (κ3) is 3.19. The normalized spacial score (nSPS) is 11.6. The number of H-pyrrole nitrogens is 1. The van der Waals surface area contributed by atoms with Gasteiger partial charge in [-0.2, -0.15) is 0 Å². The second kappa shape index (κ2) is 6.78. The van der Waals surface area contributed by atoms with Crippen LogP contribution in [0.3, 0.4) is 0 Å². The summed E-state index contributed by atoms with van der Waals surface area (Å²) in [7, 11) is 0. The molecule has 3 aromatic rings. The van der Waals surface area contributed by atoms with E-state index in [1.165, 1.54) is 6.07 Å². The van der Waals surface area contributed by atoms with Gasteiger partial charge in [0, 0.05) is 34.8 Å². The summed E-state index contributed by atoms with van der Waals surface area (Å²) in [5.41, 5.74) is 4.39. The van der Waals surface area contributed by atoms with E-state index in [4.69, 9.17) is 0 Å². The van der Waals surface area contributed by atoms with Gasteiger partial charge in [0.15, 0.2) is 0 Å². The number of para-hydroxylation sites is 1. The Balaban J connectivity index is 2.15. The predicted octanol–water partition coefficient (Wildman–Crippen LogP) is 5.50. The standard InChI is InChI=1S/C20H21FN2/c1-3-4-11-22-13-17-15-7-5-6-8-19(15)23-20(17)16-12-14(2)9-10-18(16)21/h5-10,12-13,23H,3-4,11H2,1-2H3. The maximum atomic E-state index is 14.3. The van der Waals surface area contributed by atoms with Crippen LogP contribution >= 0.6 is 0 Å². The van der Waals surface area contributed by atoms with Gasteiger partial charge in [0.05, 0.1) is 5.69 Å². The Labute approximate surface area is 136 Å². The number of nitrogens with zero attached hydrogens (tertiary/aromatic N) is 1. The van der Waals surface area contributed by atoms with Gasteiger partial charge in [-0.05, 0) is 31.5 Å². The highest BCUT2D eigenvalue weighted by Crippen LogP contribution is 2.31. The number of fused-ring (bicyclic) bond motifs is 1. The molecular formula is C20H21FN2. The Hall–Kier alpha value is -2.42. The molecule has 0 aliphatic carbocycles. The molecule has 0 atom stereocenters. The van der Waals surface area contributed by atoms with E-state index in [0.717, 1.165) is 47.1 Å². The maximum Gasteiger partial charge on any atom is 0.132 e. The van der Waals surface area contributed by atoms with Gasteiger partial charge in [0.2, 0.25) is 0 Å². The Morgan fingerprint density at radius 2 is 2.00 bits per heavy atom. The van der Waals surface area contributed by atoms with E-state index >= 15 is 0 Å². The zero-order valence-corrected chi connectivity index (χ0v) is 13.6. The SMILES string of the molecule is CCCCN=Cc1c(-c2cc(C)ccc2F)[nH]c2ccccc12. The second-order valence-corrected chi connectivity index (χ2v) is 5.83. The Kier molecular flexibility index (Phi) is 4.56. The minimum atomic E-state index is -0.217. The first kappa shape index (κ1) is 15.5. The van der Waals surface area contributed by atoms with Crippen molar-refractivity contribution in [1.29, 1.82) is 0 Å². The molecule has 0 saturated heterocycles. The Bertz CT molecular complexity index is 846. The van der Waals surface area contributed by atoms with Crippen LogP contribution in [0.2, 0.25) is 0 Å². The van der Waals surface area contributed by atoms with E-state index in [-0.39, 0.29) is 5.82 Å². The van der Waals surface area contributed by atoms with Crippen molar-refractivity contribution in [3.8, 4) is 11.3 Å². The number of unbranched alkanes of at least 4 members (excludes halogenated alkanes) is 1. The van der Waals surface area contributed by atoms with Crippen molar-refractivity contribution < 1.29 is 4.39 Å². The van der Waals surface area contributed by atoms with Crippen LogP contribution in [-0.4, -0.2) is 17.7 Å². The highest BCUT2D eigenvalue weighted by atomic mass is 19.1. The van der Waals surface area contributed by atoms with E-state index < -0.39 is 0 Å². The minimum Gasteiger partial charge on any atom is -0.354 e. The van der Waals surface area contributed by atoms with Gasteiger partial charge in [0.1, 0.15) is 5.82 Å². The van der Waals surface area contributed by atoms with Crippen molar-refractivity contribution in [2.75, 3.05) is 6.54 Å². The van der Waals surface area contributed by atoms with Gasteiger partial charge in [-0.25, -0.2) is 4.39 Å². The molecule has 0 spiro atoms. The average Bonchev–Trinajstić information content (AvgIpc) is 2.92. The number of rotatable bonds is 5. The first-order valence-corrected chi connectivity index (χ1v) is 8.07. The smallest absolute Gasteiger partial charge is 0.132 e. The van der Waals surface area contributed by atoms with Crippen LogP contribution in [0.5, 0.6) is 0 Å². The monoisotopic (exact) mass is 308 g/mol. The van der Waals surface area contributed by atoms with Gasteiger partial charge in [-0.15, -0.1) is 0 Å². The number of aryl methyl sites for hydroxylation is 1. The summed E-state index contributed by atoms with van der Waals surface area (Å²) in [6.45, 7) is 4.92. The topological polar surface area (TPSA) is 28.1 Å². The molecule has 0 saturated carbocycles. The highest BCUT2D eigenvalue weighted by Gasteiger charge is 2.14. The summed E-state index contributed by atoms with van der Waals surface area (Å²) >= 11 is 0. The lowest BCUT2D eigenvalue weighted by Gasteiger charge is -2.04. The molecule has 23 heavy (non-hydrogen) atoms. The van der Waals surface area contributed by atoms with E-state index in [9.17, 15) is 4.39 Å². The van der Waals surface area contributed by atoms with E-state index in [1.807, 2.05) is 43.5 Å². The Morgan fingerprint density at radius 1 is 1.17 bits per heavy atom. The summed E-state index contributed by atoms with van der Waals surface area (Å²) in [5.74, 6) is -0.217. The predicted molar refractivity (Wildman–Crippen MR) is 95.8 cm³/mol. The largest absolute Gasteiger partial charge is 0.354 e. The van der Waals surface area contributed by atoms with E-state index in [0.29, 0.717) is 5.56 Å². The van der Waals surface area contributed by atoms with Gasteiger partial charge in [-0.3, -0.25) is 4.99 Å². The van der Waals surface area contributed by atoms with Crippen LogP contribution in [0.1, 0.15) is 30.9 Å². The van der Waals surface area contributed by atoms with Crippen molar-refractivity contribution >= 4 is 17.1 Å². The molecule has 3 heteroatoms. The summed E-state index contributed by atoms with van der Waals surface area (Å²) in [4.78, 5) is 7.88. The molecule has 2 aromatic carbocycles. The first-order valence-electron chi connectivity index (χ1n) is 8.07. The fourth-order valence-corrected chi connectivity index (χ4v) is 2.75. The number of halogens is 1. The lowest BCUT2D eigenvalue weighted by atomic mass is 10.0. The molecule has 0 unspecified atom stereocenters. The number of aliphatic imine (C=N–C) groups is 1. The van der Waals surface area contributed by atoms with Crippen LogP contribution in [0, 0.1) is 12.7 Å². The second-order valence-electron chi connectivity index (χ2n) is 5.83. The average molecular weight is 308 g/mol. The zero-order chi connectivity index (χ0) is 16.2. The molecule has 1 aromatic heterocycles. The number of benzene rings is 2. The molecule has 2 nitrogen and oxygen atoms in total. The van der Waals surface area contributed by atoms with Crippen LogP contribution in [0.25, 0.3) is 22.2 Å². The minimum absolute atomic E-state index is 0.217. The number of aromatic amines is 1. The summed E-state index contributed by atoms with van der Waals surface area (Å²) < 4.78 is 14.3. The molecule has 0 radical (unpaired) electrons. The molecular weight excluding hydrogens is 287 g/mol. The van der Waals surface area contributed by atoms with E-state index in [1.54, 1.807) is 6.07 Å². The molecule has 0 aliphatic heterocycles. The van der Waals surface area contributed by atoms with Gasteiger partial charge in [-0.1, -0.05) is 43.2 Å². The van der Waals surface area contributed by atoms with Crippen LogP contribution < -0.4 is 0 Å². The molecule has 3 rings (SSSR count). The zero-order valence-electron chi connectivity index (χ0n) is 13.6. The van der Waals surface area contributed by atoms with Gasteiger partial charge in [0.25, 0.3) is 0 Å². The lowest BCUT2D eigenvalue weighted by molar-refractivity contribution is 0.630. The van der Waals surface area contributed by atoms with Crippen molar-refractivity contribution in [2.45, 2.75) is 26.7 Å². The number of hydrogen-bond acceptors (Lipinski definition) is 1. The molecule has 0 bridgehead atoms. The fourth-order valence-electron chi connectivity index (χ4n) is 2.75.